The van der Waals surface area contributed by atoms with Gasteiger partial charge in [-0.3, -0.25) is 0 Å². The molecule has 17 heavy (non-hydrogen) atoms. The van der Waals surface area contributed by atoms with Crippen molar-refractivity contribution in [2.45, 2.75) is 18.9 Å². The molecule has 0 spiro atoms. The zero-order valence-electron chi connectivity index (χ0n) is 8.91. The first-order chi connectivity index (χ1) is 8.16. The molecule has 0 aliphatic heterocycles. The zero-order valence-corrected chi connectivity index (χ0v) is 9.73. The van der Waals surface area contributed by atoms with Crippen molar-refractivity contribution >= 4 is 12.2 Å². The number of benzene rings is 1. The van der Waals surface area contributed by atoms with Crippen LogP contribution in [0.15, 0.2) is 24.5 Å². The second-order valence-electron chi connectivity index (χ2n) is 4.23. The molecular weight excluding hydrogens is 242 g/mol. The highest BCUT2D eigenvalue weighted by Gasteiger charge is 2.27. The van der Waals surface area contributed by atoms with Crippen LogP contribution in [0.3, 0.4) is 0 Å². The number of halogens is 2. The lowest BCUT2D eigenvalue weighted by Crippen LogP contribution is -2.07. The van der Waals surface area contributed by atoms with Crippen molar-refractivity contribution in [1.29, 1.82) is 0 Å². The summed E-state index contributed by atoms with van der Waals surface area (Å²) in [6, 6.07) is 2.93. The Morgan fingerprint density at radius 2 is 2.12 bits per heavy atom. The Hall–Kier alpha value is -1.49. The molecule has 1 aromatic carbocycles. The lowest BCUT2D eigenvalue weighted by molar-refractivity contribution is 0.487. The van der Waals surface area contributed by atoms with Gasteiger partial charge < -0.3 is 9.55 Å². The number of aromatic amines is 1. The molecule has 0 saturated carbocycles. The molecule has 1 atom stereocenters. The number of hydrogen-bond acceptors (Lipinski definition) is 1. The minimum absolute atomic E-state index is 0.0834. The van der Waals surface area contributed by atoms with Crippen molar-refractivity contribution in [3.8, 4) is 0 Å². The van der Waals surface area contributed by atoms with Gasteiger partial charge in [0.1, 0.15) is 0 Å². The molecule has 1 N–H and O–H groups in total. The smallest absolute Gasteiger partial charge is 0.177 e. The lowest BCUT2D eigenvalue weighted by Gasteiger charge is -2.10. The minimum Gasteiger partial charge on any atom is -0.337 e. The van der Waals surface area contributed by atoms with Crippen LogP contribution in [-0.4, -0.2) is 9.55 Å². The molecule has 3 rings (SSSR count). The van der Waals surface area contributed by atoms with Crippen LogP contribution < -0.4 is 0 Å². The summed E-state index contributed by atoms with van der Waals surface area (Å²) in [5, 5.41) is 0. The number of nitrogens with one attached hydrogen (secondary N) is 1. The number of fused-ring (bicyclic) bond motifs is 1. The van der Waals surface area contributed by atoms with Gasteiger partial charge in [0.15, 0.2) is 16.4 Å². The molecular formula is C12H10F2N2S. The first-order valence-corrected chi connectivity index (χ1v) is 5.79. The Bertz CT molecular complexity index is 630. The van der Waals surface area contributed by atoms with Crippen molar-refractivity contribution in [2.75, 3.05) is 0 Å². The number of imidazole rings is 1. The van der Waals surface area contributed by atoms with Gasteiger partial charge in [-0.1, -0.05) is 6.07 Å². The molecule has 1 aliphatic rings. The average molecular weight is 252 g/mol. The maximum absolute atomic E-state index is 13.6. The third-order valence-corrected chi connectivity index (χ3v) is 3.59. The van der Waals surface area contributed by atoms with Gasteiger partial charge in [0.2, 0.25) is 0 Å². The van der Waals surface area contributed by atoms with Crippen LogP contribution in [0.1, 0.15) is 17.2 Å². The van der Waals surface area contributed by atoms with Crippen LogP contribution >= 0.6 is 12.2 Å². The molecule has 5 heteroatoms. The first-order valence-electron chi connectivity index (χ1n) is 5.38. The molecule has 2 nitrogen and oxygen atoms in total. The topological polar surface area (TPSA) is 20.7 Å². The molecule has 0 bridgehead atoms. The number of hydrogen-bond donors (Lipinski definition) is 1. The van der Waals surface area contributed by atoms with Crippen molar-refractivity contribution in [3.05, 3.63) is 52.1 Å². The molecule has 1 aliphatic carbocycles. The molecule has 0 amide bonds. The largest absolute Gasteiger partial charge is 0.337 e. The van der Waals surface area contributed by atoms with Gasteiger partial charge >= 0.3 is 0 Å². The Morgan fingerprint density at radius 1 is 1.29 bits per heavy atom. The number of rotatable bonds is 1. The van der Waals surface area contributed by atoms with Gasteiger partial charge in [-0.15, -0.1) is 0 Å². The maximum Gasteiger partial charge on any atom is 0.177 e. The summed E-state index contributed by atoms with van der Waals surface area (Å²) in [7, 11) is 0. The van der Waals surface area contributed by atoms with Crippen LogP contribution in [0.4, 0.5) is 8.78 Å². The Kier molecular flexibility index (Phi) is 2.36. The second kappa shape index (κ2) is 3.77. The van der Waals surface area contributed by atoms with Gasteiger partial charge in [-0.2, -0.15) is 0 Å². The van der Waals surface area contributed by atoms with Gasteiger partial charge in [0.25, 0.3) is 0 Å². The van der Waals surface area contributed by atoms with E-state index >= 15 is 0 Å². The fraction of sp³-hybridized carbons (Fsp3) is 0.250. The fourth-order valence-corrected chi connectivity index (χ4v) is 2.70. The Balaban J connectivity index is 2.01. The summed E-state index contributed by atoms with van der Waals surface area (Å²) in [5.41, 5.74) is 1.36. The molecule has 2 aromatic rings. The predicted molar refractivity (Wildman–Crippen MR) is 62.4 cm³/mol. The zero-order chi connectivity index (χ0) is 12.0. The number of aromatic nitrogens is 2. The minimum atomic E-state index is -0.776. The molecule has 0 saturated heterocycles. The van der Waals surface area contributed by atoms with Crippen LogP contribution in [-0.2, 0) is 12.8 Å². The van der Waals surface area contributed by atoms with Gasteiger partial charge in [-0.25, -0.2) is 8.78 Å². The molecule has 0 fully saturated rings. The molecule has 1 heterocycles. The summed E-state index contributed by atoms with van der Waals surface area (Å²) in [6.45, 7) is 0. The molecule has 1 aromatic heterocycles. The van der Waals surface area contributed by atoms with Crippen LogP contribution in [0.25, 0.3) is 0 Å². The van der Waals surface area contributed by atoms with E-state index in [0.717, 1.165) is 5.56 Å². The van der Waals surface area contributed by atoms with E-state index in [-0.39, 0.29) is 6.04 Å². The summed E-state index contributed by atoms with van der Waals surface area (Å²) < 4.78 is 29.2. The van der Waals surface area contributed by atoms with E-state index < -0.39 is 11.6 Å². The van der Waals surface area contributed by atoms with E-state index in [2.05, 4.69) is 4.98 Å². The normalized spacial score (nSPS) is 18.4. The van der Waals surface area contributed by atoms with Crippen LogP contribution in [0.2, 0.25) is 0 Å². The van der Waals surface area contributed by atoms with Crippen molar-refractivity contribution in [3.63, 3.8) is 0 Å². The molecule has 0 radical (unpaired) electrons. The quantitative estimate of drug-likeness (QED) is 0.773. The van der Waals surface area contributed by atoms with E-state index in [1.54, 1.807) is 12.3 Å². The SMILES string of the molecule is Fc1ccc2c(c1F)CC(n1cc[nH]c1=S)C2. The third-order valence-electron chi connectivity index (χ3n) is 3.26. The standard InChI is InChI=1S/C12H10F2N2S/c13-10-2-1-7-5-8(6-9(7)11(10)14)16-4-3-15-12(16)17/h1-4,8H,5-6H2,(H,15,17). The predicted octanol–water partition coefficient (Wildman–Crippen LogP) is 3.16. The highest BCUT2D eigenvalue weighted by molar-refractivity contribution is 7.71. The van der Waals surface area contributed by atoms with Crippen molar-refractivity contribution in [1.82, 2.24) is 9.55 Å². The maximum atomic E-state index is 13.6. The molecule has 88 valence electrons. The van der Waals surface area contributed by atoms with E-state index in [1.807, 2.05) is 10.8 Å². The van der Waals surface area contributed by atoms with E-state index in [4.69, 9.17) is 12.2 Å². The summed E-state index contributed by atoms with van der Waals surface area (Å²) in [4.78, 5) is 2.91. The Morgan fingerprint density at radius 3 is 2.82 bits per heavy atom. The summed E-state index contributed by atoms with van der Waals surface area (Å²) in [6.07, 6.45) is 4.78. The highest BCUT2D eigenvalue weighted by atomic mass is 32.1. The van der Waals surface area contributed by atoms with E-state index in [0.29, 0.717) is 23.2 Å². The highest BCUT2D eigenvalue weighted by Crippen LogP contribution is 2.32. The monoisotopic (exact) mass is 252 g/mol. The summed E-state index contributed by atoms with van der Waals surface area (Å²) >= 11 is 5.13. The average Bonchev–Trinajstić information content (AvgIpc) is 2.89. The van der Waals surface area contributed by atoms with Gasteiger partial charge in [0, 0.05) is 18.4 Å². The number of H-pyrrole nitrogens is 1. The van der Waals surface area contributed by atoms with Gasteiger partial charge in [-0.05, 0) is 42.3 Å². The fourth-order valence-electron chi connectivity index (χ4n) is 2.42. The Labute approximate surface area is 102 Å². The van der Waals surface area contributed by atoms with Crippen LogP contribution in [0, 0.1) is 16.4 Å². The summed E-state index contributed by atoms with van der Waals surface area (Å²) in [5.74, 6) is -1.49. The number of nitrogens with zero attached hydrogens (tertiary/aromatic N) is 1. The second-order valence-corrected chi connectivity index (χ2v) is 4.62. The molecule has 1 unspecified atom stereocenters. The van der Waals surface area contributed by atoms with Crippen LogP contribution in [0.5, 0.6) is 0 Å². The van der Waals surface area contributed by atoms with Crippen molar-refractivity contribution in [2.24, 2.45) is 0 Å². The van der Waals surface area contributed by atoms with Gasteiger partial charge in [0.05, 0.1) is 0 Å². The third kappa shape index (κ3) is 1.61. The van der Waals surface area contributed by atoms with Crippen molar-refractivity contribution < 1.29 is 8.78 Å². The first kappa shape index (κ1) is 10.7. The van der Waals surface area contributed by atoms with E-state index in [9.17, 15) is 8.78 Å². The lowest BCUT2D eigenvalue weighted by atomic mass is 10.1. The van der Waals surface area contributed by atoms with E-state index in [1.165, 1.54) is 6.07 Å².